The lowest BCUT2D eigenvalue weighted by atomic mass is 10.2. The lowest BCUT2D eigenvalue weighted by Gasteiger charge is -2.15. The first-order valence-corrected chi connectivity index (χ1v) is 8.36. The van der Waals surface area contributed by atoms with Gasteiger partial charge < -0.3 is 9.88 Å². The van der Waals surface area contributed by atoms with Gasteiger partial charge in [-0.25, -0.2) is 9.78 Å². The Morgan fingerprint density at radius 3 is 2.35 bits per heavy atom. The Balaban J connectivity index is 2.02. The van der Waals surface area contributed by atoms with Crippen molar-refractivity contribution in [3.63, 3.8) is 0 Å². The molecule has 0 aliphatic heterocycles. The van der Waals surface area contributed by atoms with E-state index in [9.17, 15) is 14.4 Å². The van der Waals surface area contributed by atoms with Crippen LogP contribution in [0.25, 0.3) is 11.2 Å². The van der Waals surface area contributed by atoms with E-state index in [0.29, 0.717) is 15.7 Å². The van der Waals surface area contributed by atoms with E-state index in [2.05, 4.69) is 10.3 Å². The highest BCUT2D eigenvalue weighted by atomic mass is 35.5. The maximum atomic E-state index is 12.6. The quantitative estimate of drug-likeness (QED) is 0.733. The highest BCUT2D eigenvalue weighted by Gasteiger charge is 2.22. The molecule has 1 amide bonds. The number of carbonyl (C=O) groups is 1. The number of imidazole rings is 1. The monoisotopic (exact) mass is 395 g/mol. The predicted molar refractivity (Wildman–Crippen MR) is 100 cm³/mol. The van der Waals surface area contributed by atoms with Crippen molar-refractivity contribution in [3.05, 3.63) is 55.4 Å². The van der Waals surface area contributed by atoms with Gasteiger partial charge >= 0.3 is 5.69 Å². The smallest absolute Gasteiger partial charge is 0.324 e. The van der Waals surface area contributed by atoms with Gasteiger partial charge in [-0.3, -0.25) is 18.7 Å². The third-order valence-corrected chi connectivity index (χ3v) is 4.54. The molecular weight excluding hydrogens is 381 g/mol. The van der Waals surface area contributed by atoms with E-state index >= 15 is 0 Å². The number of benzene rings is 1. The molecule has 136 valence electrons. The van der Waals surface area contributed by atoms with Crippen LogP contribution >= 0.6 is 23.2 Å². The van der Waals surface area contributed by atoms with Crippen molar-refractivity contribution in [2.45, 2.75) is 13.0 Å². The van der Waals surface area contributed by atoms with Crippen molar-refractivity contribution in [2.24, 2.45) is 14.1 Å². The van der Waals surface area contributed by atoms with E-state index in [0.717, 1.165) is 4.57 Å². The van der Waals surface area contributed by atoms with Crippen molar-refractivity contribution < 1.29 is 4.79 Å². The number of fused-ring (bicyclic) bond motifs is 1. The fourth-order valence-electron chi connectivity index (χ4n) is 2.66. The summed E-state index contributed by atoms with van der Waals surface area (Å²) in [5, 5.41) is 3.48. The number of aromatic nitrogens is 4. The summed E-state index contributed by atoms with van der Waals surface area (Å²) < 4.78 is 3.66. The molecule has 2 aromatic heterocycles. The molecule has 8 nitrogen and oxygen atoms in total. The van der Waals surface area contributed by atoms with Gasteiger partial charge in [0.25, 0.3) is 5.56 Å². The standard InChI is InChI=1S/C16H15Cl2N5O3/c1-8(14(24)20-11-5-9(17)4-10(18)6-11)23-7-19-13-12(23)15(25)22(3)16(26)21(13)2/h4-8H,1-3H3,(H,20,24). The van der Waals surface area contributed by atoms with E-state index in [-0.39, 0.29) is 11.2 Å². The highest BCUT2D eigenvalue weighted by molar-refractivity contribution is 6.35. The van der Waals surface area contributed by atoms with Crippen LogP contribution < -0.4 is 16.6 Å². The zero-order valence-corrected chi connectivity index (χ0v) is 15.7. The maximum absolute atomic E-state index is 12.6. The molecule has 0 bridgehead atoms. The number of hydrogen-bond donors (Lipinski definition) is 1. The van der Waals surface area contributed by atoms with E-state index < -0.39 is 23.2 Å². The van der Waals surface area contributed by atoms with Crippen LogP contribution in [0.3, 0.4) is 0 Å². The van der Waals surface area contributed by atoms with Gasteiger partial charge in [0, 0.05) is 29.8 Å². The Bertz CT molecular complexity index is 1120. The lowest BCUT2D eigenvalue weighted by molar-refractivity contribution is -0.118. The van der Waals surface area contributed by atoms with Gasteiger partial charge in [0.05, 0.1) is 6.33 Å². The number of hydrogen-bond acceptors (Lipinski definition) is 4. The Morgan fingerprint density at radius 2 is 1.73 bits per heavy atom. The molecule has 0 aliphatic rings. The van der Waals surface area contributed by atoms with Gasteiger partial charge in [-0.15, -0.1) is 0 Å². The van der Waals surface area contributed by atoms with Gasteiger partial charge in [-0.1, -0.05) is 23.2 Å². The summed E-state index contributed by atoms with van der Waals surface area (Å²) in [6.07, 6.45) is 1.36. The number of nitrogens with one attached hydrogen (secondary N) is 1. The van der Waals surface area contributed by atoms with Crippen molar-refractivity contribution in [2.75, 3.05) is 5.32 Å². The Labute approximate surface area is 157 Å². The molecule has 0 saturated carbocycles. The van der Waals surface area contributed by atoms with Crippen molar-refractivity contribution >= 4 is 46.0 Å². The molecular formula is C16H15Cl2N5O3. The molecule has 26 heavy (non-hydrogen) atoms. The summed E-state index contributed by atoms with van der Waals surface area (Å²) in [4.78, 5) is 41.2. The highest BCUT2D eigenvalue weighted by Crippen LogP contribution is 2.23. The number of anilines is 1. The molecule has 2 heterocycles. The van der Waals surface area contributed by atoms with Crippen LogP contribution in [-0.4, -0.2) is 24.6 Å². The van der Waals surface area contributed by atoms with Gasteiger partial charge in [-0.2, -0.15) is 0 Å². The third-order valence-electron chi connectivity index (χ3n) is 4.10. The van der Waals surface area contributed by atoms with Crippen LogP contribution in [0.2, 0.25) is 10.0 Å². The molecule has 1 atom stereocenters. The number of nitrogens with zero attached hydrogens (tertiary/aromatic N) is 4. The molecule has 3 aromatic rings. The first kappa shape index (κ1) is 18.2. The second-order valence-electron chi connectivity index (χ2n) is 5.85. The van der Waals surface area contributed by atoms with Gasteiger partial charge in [0.15, 0.2) is 11.2 Å². The summed E-state index contributed by atoms with van der Waals surface area (Å²) in [5.41, 5.74) is -0.196. The molecule has 0 saturated heterocycles. The van der Waals surface area contributed by atoms with Crippen LogP contribution in [0.4, 0.5) is 5.69 Å². The number of halogens is 2. The molecule has 1 aromatic carbocycles. The van der Waals surface area contributed by atoms with E-state index in [1.807, 2.05) is 0 Å². The summed E-state index contributed by atoms with van der Waals surface area (Å²) in [6.45, 7) is 1.62. The predicted octanol–water partition coefficient (Wildman–Crippen LogP) is 1.94. The third kappa shape index (κ3) is 3.02. The topological polar surface area (TPSA) is 90.9 Å². The summed E-state index contributed by atoms with van der Waals surface area (Å²) >= 11 is 11.9. The van der Waals surface area contributed by atoms with Crippen LogP contribution in [-0.2, 0) is 18.9 Å². The average molecular weight is 396 g/mol. The number of rotatable bonds is 3. The summed E-state index contributed by atoms with van der Waals surface area (Å²) in [6, 6.07) is 3.91. The van der Waals surface area contributed by atoms with Crippen LogP contribution in [0.5, 0.6) is 0 Å². The zero-order chi connectivity index (χ0) is 19.2. The largest absolute Gasteiger partial charge is 0.332 e. The van der Waals surface area contributed by atoms with E-state index in [1.165, 1.54) is 29.6 Å². The summed E-state index contributed by atoms with van der Waals surface area (Å²) in [7, 11) is 2.89. The van der Waals surface area contributed by atoms with Crippen molar-refractivity contribution in [1.29, 1.82) is 0 Å². The first-order valence-electron chi connectivity index (χ1n) is 7.60. The zero-order valence-electron chi connectivity index (χ0n) is 14.2. The van der Waals surface area contributed by atoms with Crippen LogP contribution in [0.15, 0.2) is 34.1 Å². The lowest BCUT2D eigenvalue weighted by Crippen LogP contribution is -2.38. The molecule has 3 rings (SSSR count). The van der Waals surface area contributed by atoms with Gasteiger partial charge in [0.1, 0.15) is 6.04 Å². The SMILES string of the molecule is CC(C(=O)Nc1cc(Cl)cc(Cl)c1)n1cnc2c1c(=O)n(C)c(=O)n2C. The Hall–Kier alpha value is -2.58. The molecule has 0 radical (unpaired) electrons. The Morgan fingerprint density at radius 1 is 1.12 bits per heavy atom. The van der Waals surface area contributed by atoms with Crippen molar-refractivity contribution in [3.8, 4) is 0 Å². The molecule has 1 N–H and O–H groups in total. The molecule has 0 spiro atoms. The fraction of sp³-hybridized carbons (Fsp3) is 0.250. The minimum Gasteiger partial charge on any atom is -0.324 e. The molecule has 1 unspecified atom stereocenters. The average Bonchev–Trinajstić information content (AvgIpc) is 3.01. The van der Waals surface area contributed by atoms with Crippen LogP contribution in [0, 0.1) is 0 Å². The number of aryl methyl sites for hydroxylation is 1. The van der Waals surface area contributed by atoms with E-state index in [1.54, 1.807) is 25.1 Å². The number of carbonyl (C=O) groups excluding carboxylic acids is 1. The fourth-order valence-corrected chi connectivity index (χ4v) is 3.18. The first-order chi connectivity index (χ1) is 12.2. The van der Waals surface area contributed by atoms with Crippen molar-refractivity contribution in [1.82, 2.24) is 18.7 Å². The molecule has 0 aliphatic carbocycles. The summed E-state index contributed by atoms with van der Waals surface area (Å²) in [5.74, 6) is -0.390. The molecule has 0 fully saturated rings. The number of amides is 1. The Kier molecular flexibility index (Phi) is 4.64. The van der Waals surface area contributed by atoms with E-state index in [4.69, 9.17) is 23.2 Å². The van der Waals surface area contributed by atoms with Crippen LogP contribution in [0.1, 0.15) is 13.0 Å². The second-order valence-corrected chi connectivity index (χ2v) is 6.73. The maximum Gasteiger partial charge on any atom is 0.332 e. The van der Waals surface area contributed by atoms with Gasteiger partial charge in [-0.05, 0) is 25.1 Å². The minimum absolute atomic E-state index is 0.168. The minimum atomic E-state index is -0.761. The normalized spacial score (nSPS) is 12.3. The second kappa shape index (κ2) is 6.62. The molecule has 10 heteroatoms. The van der Waals surface area contributed by atoms with Gasteiger partial charge in [0.2, 0.25) is 5.91 Å².